The number of aromatic nitrogens is 1. The van der Waals surface area contributed by atoms with Crippen LogP contribution in [0, 0.1) is 45.3 Å². The number of hydrogen-bond acceptors (Lipinski definition) is 8. The van der Waals surface area contributed by atoms with Gasteiger partial charge in [0.15, 0.2) is 0 Å². The number of hydrogen-bond donors (Lipinski definition) is 0. The minimum atomic E-state index is 0.546. The van der Waals surface area contributed by atoms with Gasteiger partial charge in [-0.2, -0.15) is 21.0 Å². The summed E-state index contributed by atoms with van der Waals surface area (Å²) in [6, 6.07) is 20.2. The zero-order valence-electron chi connectivity index (χ0n) is 18.9. The molecule has 0 aliphatic carbocycles. The second-order valence-corrected chi connectivity index (χ2v) is 12.1. The molecule has 0 amide bonds. The van der Waals surface area contributed by atoms with Crippen LogP contribution in [-0.2, 0) is 6.54 Å². The lowest BCUT2D eigenvalue weighted by Crippen LogP contribution is -1.94. The Labute approximate surface area is 223 Å². The zero-order chi connectivity index (χ0) is 25.2. The minimum Gasteiger partial charge on any atom is -0.339 e. The first kappa shape index (κ1) is 23.8. The maximum atomic E-state index is 9.74. The Morgan fingerprint density at radius 2 is 1.22 bits per heavy atom. The normalized spacial score (nSPS) is 11.9. The summed E-state index contributed by atoms with van der Waals surface area (Å²) < 4.78 is 4.64. The molecule has 0 fully saturated rings. The molecule has 0 aliphatic heterocycles. The predicted octanol–water partition coefficient (Wildman–Crippen LogP) is 8.32. The van der Waals surface area contributed by atoms with Crippen molar-refractivity contribution in [3.8, 4) is 24.3 Å². The Morgan fingerprint density at radius 1 is 0.750 bits per heavy atom. The van der Waals surface area contributed by atoms with E-state index in [4.69, 9.17) is 10.5 Å². The van der Waals surface area contributed by atoms with Crippen molar-refractivity contribution >= 4 is 89.1 Å². The van der Waals surface area contributed by atoms with Crippen LogP contribution in [0.1, 0.15) is 42.6 Å². The molecule has 5 aromatic rings. The minimum absolute atomic E-state index is 0.546. The average molecular weight is 538 g/mol. The SMILES string of the molecule is CCCn1c2cc(C=C(C#N)c3ccc(C#N)s3)sc2c2sc(C=C(C#N)c3ccc(C#N)s3)cc21. The van der Waals surface area contributed by atoms with Crippen molar-refractivity contribution in [2.24, 2.45) is 0 Å². The highest BCUT2D eigenvalue weighted by Crippen LogP contribution is 2.42. The molecule has 5 heterocycles. The third-order valence-electron chi connectivity index (χ3n) is 5.48. The van der Waals surface area contributed by atoms with Crippen molar-refractivity contribution in [3.05, 3.63) is 65.7 Å². The van der Waals surface area contributed by atoms with Gasteiger partial charge in [0, 0.05) is 26.1 Å². The molecule has 9 heteroatoms. The standard InChI is InChI=1S/C27H15N5S4/c1-2-7-32-22-10-20(8-16(12-28)24-5-3-18(14-30)33-24)35-26(22)27-23(32)11-21(36-27)9-17(13-29)25-6-4-19(15-31)34-25/h3-6,8-11H,2,7H2,1H3. The summed E-state index contributed by atoms with van der Waals surface area (Å²) in [6.07, 6.45) is 4.77. The van der Waals surface area contributed by atoms with Crippen LogP contribution in [0.4, 0.5) is 0 Å². The van der Waals surface area contributed by atoms with Gasteiger partial charge in [0.2, 0.25) is 0 Å². The highest BCUT2D eigenvalue weighted by molar-refractivity contribution is 7.28. The van der Waals surface area contributed by atoms with E-state index in [0.717, 1.165) is 52.9 Å². The van der Waals surface area contributed by atoms with Crippen molar-refractivity contribution in [1.29, 1.82) is 21.0 Å². The zero-order valence-corrected chi connectivity index (χ0v) is 22.2. The van der Waals surface area contributed by atoms with Crippen LogP contribution in [0.3, 0.4) is 0 Å². The second kappa shape index (κ2) is 9.96. The van der Waals surface area contributed by atoms with Crippen LogP contribution in [-0.4, -0.2) is 4.57 Å². The number of fused-ring (bicyclic) bond motifs is 3. The van der Waals surface area contributed by atoms with Gasteiger partial charge < -0.3 is 4.57 Å². The highest BCUT2D eigenvalue weighted by Gasteiger charge is 2.18. The first-order valence-electron chi connectivity index (χ1n) is 10.9. The van der Waals surface area contributed by atoms with E-state index in [1.54, 1.807) is 34.8 Å². The number of nitriles is 4. The maximum absolute atomic E-state index is 9.74. The van der Waals surface area contributed by atoms with Crippen LogP contribution in [0.15, 0.2) is 36.4 Å². The summed E-state index contributed by atoms with van der Waals surface area (Å²) in [7, 11) is 0. The van der Waals surface area contributed by atoms with Gasteiger partial charge >= 0.3 is 0 Å². The fourth-order valence-electron chi connectivity index (χ4n) is 3.95. The summed E-state index contributed by atoms with van der Waals surface area (Å²) in [6.45, 7) is 3.01. The fraction of sp³-hybridized carbons (Fsp3) is 0.111. The Balaban J connectivity index is 1.60. The Bertz CT molecular complexity index is 1720. The fourth-order valence-corrected chi connectivity index (χ4v) is 7.85. The van der Waals surface area contributed by atoms with E-state index in [-0.39, 0.29) is 0 Å². The molecule has 0 aromatic carbocycles. The monoisotopic (exact) mass is 537 g/mol. The van der Waals surface area contributed by atoms with Gasteiger partial charge in [-0.05, 0) is 55.0 Å². The molecule has 0 atom stereocenters. The summed E-state index contributed by atoms with van der Waals surface area (Å²) in [5, 5.41) is 37.7. The predicted molar refractivity (Wildman–Crippen MR) is 151 cm³/mol. The summed E-state index contributed by atoms with van der Waals surface area (Å²) in [4.78, 5) is 4.72. The molecule has 5 nitrogen and oxygen atoms in total. The van der Waals surface area contributed by atoms with E-state index in [0.29, 0.717) is 20.9 Å². The van der Waals surface area contributed by atoms with Crippen LogP contribution >= 0.6 is 45.3 Å². The van der Waals surface area contributed by atoms with Crippen molar-refractivity contribution in [1.82, 2.24) is 4.57 Å². The molecule has 0 N–H and O–H groups in total. The molecule has 36 heavy (non-hydrogen) atoms. The highest BCUT2D eigenvalue weighted by atomic mass is 32.1. The van der Waals surface area contributed by atoms with Gasteiger partial charge in [-0.15, -0.1) is 45.3 Å². The lowest BCUT2D eigenvalue weighted by atomic mass is 10.2. The molecule has 0 radical (unpaired) electrons. The number of thiophene rings is 4. The van der Waals surface area contributed by atoms with Crippen LogP contribution in [0.2, 0.25) is 0 Å². The molecule has 0 unspecified atom stereocenters. The summed E-state index contributed by atoms with van der Waals surface area (Å²) in [5.41, 5.74) is 3.38. The Kier molecular flexibility index (Phi) is 6.57. The molecule has 172 valence electrons. The molecule has 0 saturated heterocycles. The number of aryl methyl sites for hydroxylation is 1. The van der Waals surface area contributed by atoms with Gasteiger partial charge in [-0.25, -0.2) is 0 Å². The maximum Gasteiger partial charge on any atom is 0.110 e. The van der Waals surface area contributed by atoms with Crippen molar-refractivity contribution < 1.29 is 0 Å². The third kappa shape index (κ3) is 4.27. The first-order chi connectivity index (χ1) is 17.6. The van der Waals surface area contributed by atoms with E-state index in [1.807, 2.05) is 24.3 Å². The molecule has 0 saturated carbocycles. The summed E-state index contributed by atoms with van der Waals surface area (Å²) >= 11 is 5.93. The van der Waals surface area contributed by atoms with Gasteiger partial charge in [-0.3, -0.25) is 0 Å². The molecule has 0 bridgehead atoms. The number of nitrogens with zero attached hydrogens (tertiary/aromatic N) is 5. The van der Waals surface area contributed by atoms with Crippen LogP contribution < -0.4 is 0 Å². The summed E-state index contributed by atoms with van der Waals surface area (Å²) in [5.74, 6) is 0. The molecule has 5 aromatic heterocycles. The second-order valence-electron chi connectivity index (χ2n) is 7.77. The van der Waals surface area contributed by atoms with Gasteiger partial charge in [0.05, 0.1) is 31.6 Å². The van der Waals surface area contributed by atoms with Gasteiger partial charge in [0.25, 0.3) is 0 Å². The largest absolute Gasteiger partial charge is 0.339 e. The van der Waals surface area contributed by atoms with Gasteiger partial charge in [-0.1, -0.05) is 6.92 Å². The van der Waals surface area contributed by atoms with E-state index in [1.165, 1.54) is 22.7 Å². The van der Waals surface area contributed by atoms with E-state index < -0.39 is 0 Å². The van der Waals surface area contributed by atoms with Crippen LogP contribution in [0.5, 0.6) is 0 Å². The Hall–Kier alpha value is -3.96. The third-order valence-corrected chi connectivity index (χ3v) is 9.83. The molecule has 5 rings (SSSR count). The average Bonchev–Trinajstić information content (AvgIpc) is 3.70. The molecule has 0 spiro atoms. The van der Waals surface area contributed by atoms with E-state index in [9.17, 15) is 10.5 Å². The van der Waals surface area contributed by atoms with Crippen molar-refractivity contribution in [3.63, 3.8) is 0 Å². The molecule has 0 aliphatic rings. The molecular formula is C27H15N5S4. The first-order valence-corrected chi connectivity index (χ1v) is 14.1. The lowest BCUT2D eigenvalue weighted by Gasteiger charge is -2.02. The van der Waals surface area contributed by atoms with E-state index >= 15 is 0 Å². The smallest absolute Gasteiger partial charge is 0.110 e. The van der Waals surface area contributed by atoms with Crippen LogP contribution in [0.25, 0.3) is 43.7 Å². The Morgan fingerprint density at radius 3 is 1.58 bits per heavy atom. The quantitative estimate of drug-likeness (QED) is 0.203. The number of allylic oxidation sites excluding steroid dienone is 2. The molecular weight excluding hydrogens is 523 g/mol. The number of rotatable bonds is 6. The van der Waals surface area contributed by atoms with Crippen molar-refractivity contribution in [2.45, 2.75) is 19.9 Å². The van der Waals surface area contributed by atoms with Crippen molar-refractivity contribution in [2.75, 3.05) is 0 Å². The van der Waals surface area contributed by atoms with E-state index in [2.05, 4.69) is 47.9 Å². The topological polar surface area (TPSA) is 100 Å². The lowest BCUT2D eigenvalue weighted by molar-refractivity contribution is 0.724. The van der Waals surface area contributed by atoms with Gasteiger partial charge in [0.1, 0.15) is 34.0 Å².